The first-order valence-corrected chi connectivity index (χ1v) is 8.22. The second-order valence-electron chi connectivity index (χ2n) is 5.45. The quantitative estimate of drug-likeness (QED) is 0.719. The van der Waals surface area contributed by atoms with E-state index in [9.17, 15) is 0 Å². The molecule has 1 aromatic carbocycles. The summed E-state index contributed by atoms with van der Waals surface area (Å²) in [4.78, 5) is 4.72. The monoisotopic (exact) mass is 356 g/mol. The zero-order valence-electron chi connectivity index (χ0n) is 11.6. The summed E-state index contributed by atoms with van der Waals surface area (Å²) in [6.07, 6.45) is 2.31. The Morgan fingerprint density at radius 3 is 3.00 bits per heavy atom. The number of fused-ring (bicyclic) bond motifs is 1. The maximum absolute atomic E-state index is 6.35. The smallest absolute Gasteiger partial charge is 0.127 e. The molecule has 3 atom stereocenters. The number of halogens is 2. The van der Waals surface area contributed by atoms with Gasteiger partial charge >= 0.3 is 0 Å². The summed E-state index contributed by atoms with van der Waals surface area (Å²) in [7, 11) is 0. The van der Waals surface area contributed by atoms with E-state index in [-0.39, 0.29) is 11.5 Å². The van der Waals surface area contributed by atoms with E-state index in [2.05, 4.69) is 33.5 Å². The van der Waals surface area contributed by atoms with Crippen LogP contribution in [0.4, 0.5) is 0 Å². The molecule has 1 aromatic heterocycles. The van der Waals surface area contributed by atoms with Gasteiger partial charge in [-0.2, -0.15) is 0 Å². The van der Waals surface area contributed by atoms with Gasteiger partial charge in [-0.15, -0.1) is 11.6 Å². The van der Waals surface area contributed by atoms with Gasteiger partial charge in [0.05, 0.1) is 22.5 Å². The van der Waals surface area contributed by atoms with Crippen molar-refractivity contribution < 1.29 is 4.74 Å². The number of hydrogen-bond acceptors (Lipinski definition) is 2. The van der Waals surface area contributed by atoms with E-state index in [0.29, 0.717) is 6.04 Å². The van der Waals surface area contributed by atoms with E-state index in [1.807, 2.05) is 19.1 Å². The second kappa shape index (κ2) is 5.66. The fourth-order valence-corrected chi connectivity index (χ4v) is 3.46. The molecule has 1 aliphatic heterocycles. The Morgan fingerprint density at radius 2 is 2.30 bits per heavy atom. The molecule has 5 heteroatoms. The lowest BCUT2D eigenvalue weighted by molar-refractivity contribution is 0.00621. The van der Waals surface area contributed by atoms with Gasteiger partial charge in [-0.3, -0.25) is 0 Å². The lowest BCUT2D eigenvalue weighted by Gasteiger charge is -2.30. The van der Waals surface area contributed by atoms with E-state index in [1.54, 1.807) is 0 Å². The van der Waals surface area contributed by atoms with Crippen LogP contribution in [-0.4, -0.2) is 22.3 Å². The summed E-state index contributed by atoms with van der Waals surface area (Å²) >= 11 is 9.90. The van der Waals surface area contributed by atoms with Crippen LogP contribution in [0.1, 0.15) is 43.9 Å². The highest BCUT2D eigenvalue weighted by Crippen LogP contribution is 2.34. The molecule has 0 N–H and O–H groups in total. The molecule has 1 saturated heterocycles. The Morgan fingerprint density at radius 1 is 1.50 bits per heavy atom. The van der Waals surface area contributed by atoms with Crippen LogP contribution in [0, 0.1) is 0 Å². The highest BCUT2D eigenvalue weighted by atomic mass is 79.9. The van der Waals surface area contributed by atoms with E-state index in [4.69, 9.17) is 21.3 Å². The summed E-state index contributed by atoms with van der Waals surface area (Å²) < 4.78 is 9.05. The van der Waals surface area contributed by atoms with Crippen molar-refractivity contribution in [1.82, 2.24) is 9.55 Å². The van der Waals surface area contributed by atoms with Crippen LogP contribution in [-0.2, 0) is 4.74 Å². The topological polar surface area (TPSA) is 27.1 Å². The first kappa shape index (κ1) is 14.4. The standard InChI is InChI=1S/C15H18BrClN2O/c1-9-7-12(5-6-20-9)19-14-8-11(16)3-4-13(14)18-15(19)10(2)17/h3-4,8-10,12H,5-7H2,1-2H3. The third kappa shape index (κ3) is 2.61. The first-order valence-electron chi connectivity index (χ1n) is 6.99. The van der Waals surface area contributed by atoms with Gasteiger partial charge < -0.3 is 9.30 Å². The molecule has 20 heavy (non-hydrogen) atoms. The summed E-state index contributed by atoms with van der Waals surface area (Å²) in [6, 6.07) is 6.61. The molecule has 0 amide bonds. The van der Waals surface area contributed by atoms with Gasteiger partial charge in [-0.25, -0.2) is 4.98 Å². The number of nitrogens with zero attached hydrogens (tertiary/aromatic N) is 2. The van der Waals surface area contributed by atoms with Gasteiger partial charge in [0.1, 0.15) is 5.82 Å². The Hall–Kier alpha value is -0.580. The van der Waals surface area contributed by atoms with E-state index >= 15 is 0 Å². The van der Waals surface area contributed by atoms with Gasteiger partial charge in [0, 0.05) is 17.1 Å². The summed E-state index contributed by atoms with van der Waals surface area (Å²) in [5.41, 5.74) is 2.16. The molecule has 3 unspecified atom stereocenters. The van der Waals surface area contributed by atoms with Crippen molar-refractivity contribution in [3.63, 3.8) is 0 Å². The highest BCUT2D eigenvalue weighted by Gasteiger charge is 2.26. The number of benzene rings is 1. The molecule has 108 valence electrons. The molecule has 2 heterocycles. The number of ether oxygens (including phenoxy) is 1. The molecule has 0 aliphatic carbocycles. The Labute approximate surface area is 132 Å². The third-order valence-corrected chi connectivity index (χ3v) is 4.55. The zero-order valence-corrected chi connectivity index (χ0v) is 14.0. The van der Waals surface area contributed by atoms with Gasteiger partial charge in [-0.1, -0.05) is 15.9 Å². The van der Waals surface area contributed by atoms with Gasteiger partial charge in [0.25, 0.3) is 0 Å². The molecule has 0 bridgehead atoms. The second-order valence-corrected chi connectivity index (χ2v) is 7.02. The average molecular weight is 358 g/mol. The van der Waals surface area contributed by atoms with E-state index in [1.165, 1.54) is 0 Å². The largest absolute Gasteiger partial charge is 0.378 e. The Kier molecular flexibility index (Phi) is 4.07. The maximum atomic E-state index is 6.35. The predicted octanol–water partition coefficient (Wildman–Crippen LogP) is 4.84. The van der Waals surface area contributed by atoms with Crippen molar-refractivity contribution in [2.75, 3.05) is 6.61 Å². The summed E-state index contributed by atoms with van der Waals surface area (Å²) in [6.45, 7) is 4.91. The molecular weight excluding hydrogens is 340 g/mol. The number of rotatable bonds is 2. The van der Waals surface area contributed by atoms with Crippen molar-refractivity contribution in [3.8, 4) is 0 Å². The van der Waals surface area contributed by atoms with Crippen molar-refractivity contribution in [2.24, 2.45) is 0 Å². The van der Waals surface area contributed by atoms with Crippen molar-refractivity contribution in [2.45, 2.75) is 44.2 Å². The third-order valence-electron chi connectivity index (χ3n) is 3.86. The first-order chi connectivity index (χ1) is 9.56. The molecule has 0 spiro atoms. The molecule has 1 fully saturated rings. The highest BCUT2D eigenvalue weighted by molar-refractivity contribution is 9.10. The number of aromatic nitrogens is 2. The fourth-order valence-electron chi connectivity index (χ4n) is 2.96. The lowest BCUT2D eigenvalue weighted by Crippen LogP contribution is -2.26. The SMILES string of the molecule is CC1CC(n2c(C(C)Cl)nc3ccc(Br)cc32)CCO1. The minimum atomic E-state index is -0.0978. The van der Waals surface area contributed by atoms with Crippen LogP contribution >= 0.6 is 27.5 Å². The van der Waals surface area contributed by atoms with Crippen LogP contribution in [0.3, 0.4) is 0 Å². The van der Waals surface area contributed by atoms with Crippen LogP contribution in [0.2, 0.25) is 0 Å². The zero-order chi connectivity index (χ0) is 14.3. The normalized spacial score (nSPS) is 25.0. The lowest BCUT2D eigenvalue weighted by atomic mass is 10.0. The molecule has 1 aliphatic rings. The minimum Gasteiger partial charge on any atom is -0.378 e. The average Bonchev–Trinajstić information content (AvgIpc) is 2.77. The van der Waals surface area contributed by atoms with E-state index in [0.717, 1.165) is 40.8 Å². The van der Waals surface area contributed by atoms with E-state index < -0.39 is 0 Å². The number of hydrogen-bond donors (Lipinski definition) is 0. The molecule has 0 saturated carbocycles. The Bertz CT molecular complexity index is 626. The summed E-state index contributed by atoms with van der Waals surface area (Å²) in [5.74, 6) is 0.957. The summed E-state index contributed by atoms with van der Waals surface area (Å²) in [5, 5.41) is -0.0978. The van der Waals surface area contributed by atoms with Crippen LogP contribution < -0.4 is 0 Å². The number of imidazole rings is 1. The van der Waals surface area contributed by atoms with Crippen LogP contribution in [0.15, 0.2) is 22.7 Å². The Balaban J connectivity index is 2.14. The van der Waals surface area contributed by atoms with Gasteiger partial charge in [-0.05, 0) is 44.9 Å². The molecule has 2 aromatic rings. The van der Waals surface area contributed by atoms with Crippen molar-refractivity contribution in [1.29, 1.82) is 0 Å². The van der Waals surface area contributed by atoms with Crippen molar-refractivity contribution >= 4 is 38.6 Å². The minimum absolute atomic E-state index is 0.0978. The van der Waals surface area contributed by atoms with Gasteiger partial charge in [0.2, 0.25) is 0 Å². The number of alkyl halides is 1. The fraction of sp³-hybridized carbons (Fsp3) is 0.533. The molecule has 3 rings (SSSR count). The van der Waals surface area contributed by atoms with Gasteiger partial charge in [0.15, 0.2) is 0 Å². The molecule has 0 radical (unpaired) electrons. The molecular formula is C15H18BrClN2O. The van der Waals surface area contributed by atoms with Crippen molar-refractivity contribution in [3.05, 3.63) is 28.5 Å². The van der Waals surface area contributed by atoms with Crippen LogP contribution in [0.25, 0.3) is 11.0 Å². The predicted molar refractivity (Wildman–Crippen MR) is 85.4 cm³/mol. The van der Waals surface area contributed by atoms with Crippen LogP contribution in [0.5, 0.6) is 0 Å². The maximum Gasteiger partial charge on any atom is 0.127 e. The molecule has 3 nitrogen and oxygen atoms in total.